The third-order valence-corrected chi connectivity index (χ3v) is 5.95. The van der Waals surface area contributed by atoms with Gasteiger partial charge in [0.15, 0.2) is 0 Å². The Kier molecular flexibility index (Phi) is 8.01. The average Bonchev–Trinajstić information content (AvgIpc) is 2.64. The van der Waals surface area contributed by atoms with E-state index < -0.39 is 10.2 Å². The fourth-order valence-corrected chi connectivity index (χ4v) is 3.73. The summed E-state index contributed by atoms with van der Waals surface area (Å²) in [5, 5.41) is 0. The summed E-state index contributed by atoms with van der Waals surface area (Å²) in [6.45, 7) is 7.67. The number of nitrogens with one attached hydrogen (secondary N) is 1. The van der Waals surface area contributed by atoms with Crippen molar-refractivity contribution in [2.24, 2.45) is 0 Å². The topological polar surface area (TPSA) is 81.7 Å². The molecular weight excluding hydrogens is 340 g/mol. The molecule has 0 aliphatic carbocycles. The molecule has 1 aliphatic heterocycles. The zero-order valence-corrected chi connectivity index (χ0v) is 16.1. The lowest BCUT2D eigenvalue weighted by atomic mass is 10.3. The summed E-state index contributed by atoms with van der Waals surface area (Å²) < 4.78 is 28.2. The van der Waals surface area contributed by atoms with Gasteiger partial charge in [-0.15, -0.1) is 0 Å². The number of hydrogen-bond donors (Lipinski definition) is 1. The Labute approximate surface area is 151 Å². The van der Waals surface area contributed by atoms with Crippen LogP contribution in [0.1, 0.15) is 26.2 Å². The predicted octanol–water partition coefficient (Wildman–Crippen LogP) is 0.555. The molecule has 0 radical (unpaired) electrons. The highest BCUT2D eigenvalue weighted by atomic mass is 32.2. The van der Waals surface area contributed by atoms with Gasteiger partial charge in [-0.25, -0.2) is 14.7 Å². The van der Waals surface area contributed by atoms with E-state index in [4.69, 9.17) is 0 Å². The van der Waals surface area contributed by atoms with E-state index in [0.29, 0.717) is 13.1 Å². The van der Waals surface area contributed by atoms with Crippen molar-refractivity contribution in [2.45, 2.75) is 26.2 Å². The minimum Gasteiger partial charge on any atom is -0.338 e. The molecule has 1 saturated heterocycles. The second-order valence-electron chi connectivity index (χ2n) is 6.31. The van der Waals surface area contributed by atoms with Gasteiger partial charge in [0.25, 0.3) is 10.2 Å². The number of anilines is 1. The van der Waals surface area contributed by atoms with Gasteiger partial charge in [-0.3, -0.25) is 4.90 Å². The van der Waals surface area contributed by atoms with Gasteiger partial charge in [0.2, 0.25) is 5.95 Å². The van der Waals surface area contributed by atoms with Crippen molar-refractivity contribution < 1.29 is 8.42 Å². The molecule has 8 nitrogen and oxygen atoms in total. The quantitative estimate of drug-likeness (QED) is 0.606. The van der Waals surface area contributed by atoms with Crippen molar-refractivity contribution in [1.82, 2.24) is 23.9 Å². The van der Waals surface area contributed by atoms with Crippen molar-refractivity contribution in [3.05, 3.63) is 18.5 Å². The Morgan fingerprint density at radius 2 is 1.84 bits per heavy atom. The van der Waals surface area contributed by atoms with E-state index in [1.54, 1.807) is 19.4 Å². The second-order valence-corrected chi connectivity index (χ2v) is 8.17. The van der Waals surface area contributed by atoms with Gasteiger partial charge in [0.05, 0.1) is 0 Å². The standard InChI is InChI=1S/C16H30N6O2S/c1-3-4-10-20(2)25(23,24)19-9-6-11-21-12-14-22(15-13-21)16-17-7-5-8-18-16/h5,7-8,19H,3-4,6,9-15H2,1-2H3. The van der Waals surface area contributed by atoms with Gasteiger partial charge in [-0.2, -0.15) is 12.7 Å². The molecule has 1 aliphatic rings. The Morgan fingerprint density at radius 3 is 2.48 bits per heavy atom. The Hall–Kier alpha value is -1.29. The Morgan fingerprint density at radius 1 is 1.16 bits per heavy atom. The van der Waals surface area contributed by atoms with Crippen LogP contribution in [-0.4, -0.2) is 80.5 Å². The van der Waals surface area contributed by atoms with Crippen molar-refractivity contribution in [2.75, 3.05) is 57.8 Å². The Balaban J connectivity index is 1.63. The van der Waals surface area contributed by atoms with E-state index in [1.165, 1.54) is 4.31 Å². The van der Waals surface area contributed by atoms with Gasteiger partial charge in [0.1, 0.15) is 0 Å². The van der Waals surface area contributed by atoms with Gasteiger partial charge in [-0.1, -0.05) is 13.3 Å². The third-order valence-electron chi connectivity index (χ3n) is 4.38. The molecule has 25 heavy (non-hydrogen) atoms. The molecule has 1 N–H and O–H groups in total. The highest BCUT2D eigenvalue weighted by Gasteiger charge is 2.19. The predicted molar refractivity (Wildman–Crippen MR) is 99.8 cm³/mol. The van der Waals surface area contributed by atoms with Crippen LogP contribution in [0.3, 0.4) is 0 Å². The highest BCUT2D eigenvalue weighted by molar-refractivity contribution is 7.87. The lowest BCUT2D eigenvalue weighted by Crippen LogP contribution is -2.47. The smallest absolute Gasteiger partial charge is 0.279 e. The van der Waals surface area contributed by atoms with Gasteiger partial charge >= 0.3 is 0 Å². The van der Waals surface area contributed by atoms with Crippen molar-refractivity contribution in [3.8, 4) is 0 Å². The molecule has 0 amide bonds. The monoisotopic (exact) mass is 370 g/mol. The molecule has 1 aromatic heterocycles. The summed E-state index contributed by atoms with van der Waals surface area (Å²) in [6, 6.07) is 1.82. The number of nitrogens with zero attached hydrogens (tertiary/aromatic N) is 5. The number of rotatable bonds is 10. The fraction of sp³-hybridized carbons (Fsp3) is 0.750. The van der Waals surface area contributed by atoms with Crippen LogP contribution in [0.15, 0.2) is 18.5 Å². The fourth-order valence-electron chi connectivity index (χ4n) is 2.74. The van der Waals surface area contributed by atoms with E-state index in [0.717, 1.165) is 57.9 Å². The number of unbranched alkanes of at least 4 members (excludes halogenated alkanes) is 1. The van der Waals surface area contributed by atoms with E-state index in [1.807, 2.05) is 6.07 Å². The van der Waals surface area contributed by atoms with Crippen molar-refractivity contribution in [3.63, 3.8) is 0 Å². The first-order chi connectivity index (χ1) is 12.0. The molecule has 1 aromatic rings. The molecule has 9 heteroatoms. The number of piperazine rings is 1. The third kappa shape index (κ3) is 6.50. The van der Waals surface area contributed by atoms with E-state index in [-0.39, 0.29) is 0 Å². The molecular formula is C16H30N6O2S. The van der Waals surface area contributed by atoms with Crippen molar-refractivity contribution >= 4 is 16.2 Å². The summed E-state index contributed by atoms with van der Waals surface area (Å²) in [5.74, 6) is 0.782. The van der Waals surface area contributed by atoms with Crippen LogP contribution in [0.4, 0.5) is 5.95 Å². The summed E-state index contributed by atoms with van der Waals surface area (Å²) in [6.07, 6.45) is 6.20. The van der Waals surface area contributed by atoms with E-state index >= 15 is 0 Å². The Bertz CT molecular complexity index is 590. The maximum absolute atomic E-state index is 12.1. The van der Waals surface area contributed by atoms with E-state index in [2.05, 4.69) is 31.4 Å². The lowest BCUT2D eigenvalue weighted by molar-refractivity contribution is 0.254. The molecule has 2 heterocycles. The second kappa shape index (κ2) is 10.0. The molecule has 1 fully saturated rings. The summed E-state index contributed by atoms with van der Waals surface area (Å²) >= 11 is 0. The van der Waals surface area contributed by atoms with Crippen LogP contribution < -0.4 is 9.62 Å². The first-order valence-corrected chi connectivity index (χ1v) is 10.4. The maximum atomic E-state index is 12.1. The normalized spacial score (nSPS) is 16.5. The molecule has 0 bridgehead atoms. The van der Waals surface area contributed by atoms with Crippen LogP contribution in [0.25, 0.3) is 0 Å². The zero-order chi connectivity index (χ0) is 18.1. The number of aromatic nitrogens is 2. The molecule has 0 aromatic carbocycles. The molecule has 0 unspecified atom stereocenters. The van der Waals surface area contributed by atoms with E-state index in [9.17, 15) is 8.42 Å². The average molecular weight is 371 g/mol. The molecule has 0 saturated carbocycles. The first-order valence-electron chi connectivity index (χ1n) is 8.98. The van der Waals surface area contributed by atoms with Gasteiger partial charge in [0, 0.05) is 58.7 Å². The molecule has 142 valence electrons. The minimum atomic E-state index is -3.34. The minimum absolute atomic E-state index is 0.473. The SMILES string of the molecule is CCCCN(C)S(=O)(=O)NCCCN1CCN(c2ncccn2)CC1. The zero-order valence-electron chi connectivity index (χ0n) is 15.3. The summed E-state index contributed by atoms with van der Waals surface area (Å²) in [5.41, 5.74) is 0. The molecule has 0 spiro atoms. The van der Waals surface area contributed by atoms with Crippen LogP contribution in [0.2, 0.25) is 0 Å². The van der Waals surface area contributed by atoms with Crippen molar-refractivity contribution in [1.29, 1.82) is 0 Å². The van der Waals surface area contributed by atoms with Crippen LogP contribution in [0.5, 0.6) is 0 Å². The van der Waals surface area contributed by atoms with Gasteiger partial charge in [-0.05, 0) is 25.5 Å². The van der Waals surface area contributed by atoms with Crippen LogP contribution >= 0.6 is 0 Å². The lowest BCUT2D eigenvalue weighted by Gasteiger charge is -2.34. The van der Waals surface area contributed by atoms with Crippen LogP contribution in [0, 0.1) is 0 Å². The maximum Gasteiger partial charge on any atom is 0.279 e. The number of hydrogen-bond acceptors (Lipinski definition) is 6. The molecule has 2 rings (SSSR count). The van der Waals surface area contributed by atoms with Crippen LogP contribution in [-0.2, 0) is 10.2 Å². The van der Waals surface area contributed by atoms with Gasteiger partial charge < -0.3 is 4.90 Å². The molecule has 0 atom stereocenters. The largest absolute Gasteiger partial charge is 0.338 e. The highest BCUT2D eigenvalue weighted by Crippen LogP contribution is 2.09. The summed E-state index contributed by atoms with van der Waals surface area (Å²) in [7, 11) is -1.71. The summed E-state index contributed by atoms with van der Waals surface area (Å²) in [4.78, 5) is 13.1. The first kappa shape index (κ1) is 20.0.